The molecule has 0 saturated carbocycles. The fraction of sp³-hybridized carbons (Fsp3) is 0.600. The van der Waals surface area contributed by atoms with E-state index in [0.717, 1.165) is 18.7 Å². The standard InChI is InChI=1S/C10H16Cl2N2/c1-4-7(2)13-6-8-5-9(11)10(12)14(8)3/h5,7,13H,4,6H2,1-3H3. The number of nitrogens with one attached hydrogen (secondary N) is 1. The summed E-state index contributed by atoms with van der Waals surface area (Å²) in [6, 6.07) is 2.42. The van der Waals surface area contributed by atoms with Crippen LogP contribution in [0.5, 0.6) is 0 Å². The molecule has 1 aromatic heterocycles. The van der Waals surface area contributed by atoms with E-state index in [4.69, 9.17) is 23.2 Å². The summed E-state index contributed by atoms with van der Waals surface area (Å²) in [5.74, 6) is 0. The van der Waals surface area contributed by atoms with Crippen LogP contribution in [-0.2, 0) is 13.6 Å². The fourth-order valence-electron chi connectivity index (χ4n) is 1.18. The van der Waals surface area contributed by atoms with Crippen molar-refractivity contribution < 1.29 is 0 Å². The molecule has 1 N–H and O–H groups in total. The van der Waals surface area contributed by atoms with Gasteiger partial charge in [0.05, 0.1) is 5.02 Å². The van der Waals surface area contributed by atoms with Crippen LogP contribution in [0.2, 0.25) is 10.2 Å². The van der Waals surface area contributed by atoms with E-state index in [1.807, 2.05) is 17.7 Å². The van der Waals surface area contributed by atoms with E-state index in [1.165, 1.54) is 0 Å². The Labute approximate surface area is 95.2 Å². The highest BCUT2D eigenvalue weighted by Crippen LogP contribution is 2.24. The predicted molar refractivity (Wildman–Crippen MR) is 62.0 cm³/mol. The number of halogens is 2. The number of aromatic nitrogens is 1. The molecule has 0 aromatic carbocycles. The van der Waals surface area contributed by atoms with Crippen molar-refractivity contribution in [2.45, 2.75) is 32.9 Å². The topological polar surface area (TPSA) is 17.0 Å². The van der Waals surface area contributed by atoms with Gasteiger partial charge < -0.3 is 9.88 Å². The summed E-state index contributed by atoms with van der Waals surface area (Å²) >= 11 is 11.9. The third-order valence-electron chi connectivity index (χ3n) is 2.46. The average molecular weight is 235 g/mol. The number of rotatable bonds is 4. The predicted octanol–water partition coefficient (Wildman–Crippen LogP) is 3.22. The van der Waals surface area contributed by atoms with E-state index in [1.54, 1.807) is 0 Å². The minimum atomic E-state index is 0.516. The van der Waals surface area contributed by atoms with E-state index in [-0.39, 0.29) is 0 Å². The van der Waals surface area contributed by atoms with Gasteiger partial charge in [-0.1, -0.05) is 30.1 Å². The summed E-state index contributed by atoms with van der Waals surface area (Å²) in [5.41, 5.74) is 1.11. The van der Waals surface area contributed by atoms with Gasteiger partial charge in [-0.3, -0.25) is 0 Å². The second-order valence-electron chi connectivity index (χ2n) is 3.52. The maximum Gasteiger partial charge on any atom is 0.127 e. The van der Waals surface area contributed by atoms with Crippen molar-refractivity contribution in [3.05, 3.63) is 21.9 Å². The van der Waals surface area contributed by atoms with Gasteiger partial charge in [-0.15, -0.1) is 0 Å². The smallest absolute Gasteiger partial charge is 0.127 e. The Balaban J connectivity index is 2.63. The van der Waals surface area contributed by atoms with Gasteiger partial charge in [0.15, 0.2) is 0 Å². The van der Waals surface area contributed by atoms with Crippen molar-refractivity contribution >= 4 is 23.2 Å². The zero-order valence-corrected chi connectivity index (χ0v) is 10.3. The zero-order valence-electron chi connectivity index (χ0n) is 8.77. The van der Waals surface area contributed by atoms with Crippen molar-refractivity contribution in [3.8, 4) is 0 Å². The Morgan fingerprint density at radius 3 is 2.57 bits per heavy atom. The van der Waals surface area contributed by atoms with Crippen molar-refractivity contribution in [3.63, 3.8) is 0 Å². The molecule has 0 saturated heterocycles. The molecular weight excluding hydrogens is 219 g/mol. The van der Waals surface area contributed by atoms with Gasteiger partial charge in [0.25, 0.3) is 0 Å². The number of nitrogens with zero attached hydrogens (tertiary/aromatic N) is 1. The van der Waals surface area contributed by atoms with Crippen LogP contribution in [0.25, 0.3) is 0 Å². The molecule has 0 bridgehead atoms. The van der Waals surface area contributed by atoms with E-state index in [0.29, 0.717) is 16.2 Å². The van der Waals surface area contributed by atoms with E-state index in [9.17, 15) is 0 Å². The van der Waals surface area contributed by atoms with Crippen LogP contribution in [0.15, 0.2) is 6.07 Å². The highest BCUT2D eigenvalue weighted by molar-refractivity contribution is 6.41. The molecule has 14 heavy (non-hydrogen) atoms. The molecule has 0 spiro atoms. The monoisotopic (exact) mass is 234 g/mol. The van der Waals surface area contributed by atoms with Crippen molar-refractivity contribution in [2.24, 2.45) is 7.05 Å². The average Bonchev–Trinajstić information content (AvgIpc) is 2.42. The molecule has 4 heteroatoms. The third kappa shape index (κ3) is 2.66. The molecule has 1 atom stereocenters. The molecule has 1 aromatic rings. The first-order valence-electron chi connectivity index (χ1n) is 4.79. The normalized spacial score (nSPS) is 13.2. The van der Waals surface area contributed by atoms with E-state index < -0.39 is 0 Å². The SMILES string of the molecule is CCC(C)NCc1cc(Cl)c(Cl)n1C. The quantitative estimate of drug-likeness (QED) is 0.847. The molecule has 0 aliphatic carbocycles. The Morgan fingerprint density at radius 1 is 1.50 bits per heavy atom. The summed E-state index contributed by atoms with van der Waals surface area (Å²) < 4.78 is 1.90. The highest BCUT2D eigenvalue weighted by Gasteiger charge is 2.08. The minimum Gasteiger partial charge on any atom is -0.336 e. The number of hydrogen-bond acceptors (Lipinski definition) is 1. The Bertz CT molecular complexity index is 307. The second-order valence-corrected chi connectivity index (χ2v) is 4.29. The fourth-order valence-corrected chi connectivity index (χ4v) is 1.60. The molecule has 0 fully saturated rings. The van der Waals surface area contributed by atoms with Crippen LogP contribution >= 0.6 is 23.2 Å². The number of hydrogen-bond donors (Lipinski definition) is 1. The van der Waals surface area contributed by atoms with Crippen LogP contribution in [0.3, 0.4) is 0 Å². The zero-order chi connectivity index (χ0) is 10.7. The maximum absolute atomic E-state index is 5.95. The van der Waals surface area contributed by atoms with Crippen LogP contribution in [0.4, 0.5) is 0 Å². The molecule has 1 rings (SSSR count). The summed E-state index contributed by atoms with van der Waals surface area (Å²) in [4.78, 5) is 0. The van der Waals surface area contributed by atoms with Gasteiger partial charge >= 0.3 is 0 Å². The largest absolute Gasteiger partial charge is 0.336 e. The van der Waals surface area contributed by atoms with Crippen LogP contribution < -0.4 is 5.32 Å². The first kappa shape index (κ1) is 11.9. The molecule has 0 aliphatic rings. The Hall–Kier alpha value is -0.180. The Morgan fingerprint density at radius 2 is 2.14 bits per heavy atom. The lowest BCUT2D eigenvalue weighted by Gasteiger charge is -2.11. The van der Waals surface area contributed by atoms with Gasteiger partial charge in [0, 0.05) is 25.3 Å². The van der Waals surface area contributed by atoms with Gasteiger partial charge in [0.1, 0.15) is 5.15 Å². The molecule has 1 unspecified atom stereocenters. The summed E-state index contributed by atoms with van der Waals surface area (Å²) in [6.07, 6.45) is 1.12. The lowest BCUT2D eigenvalue weighted by molar-refractivity contribution is 0.522. The van der Waals surface area contributed by atoms with Gasteiger partial charge in [-0.25, -0.2) is 0 Å². The molecule has 0 radical (unpaired) electrons. The van der Waals surface area contributed by atoms with Crippen molar-refractivity contribution in [1.29, 1.82) is 0 Å². The van der Waals surface area contributed by atoms with Gasteiger partial charge in [-0.2, -0.15) is 0 Å². The lowest BCUT2D eigenvalue weighted by atomic mass is 10.2. The Kier molecular flexibility index (Phi) is 4.30. The summed E-state index contributed by atoms with van der Waals surface area (Å²) in [6.45, 7) is 5.12. The van der Waals surface area contributed by atoms with Crippen LogP contribution in [-0.4, -0.2) is 10.6 Å². The maximum atomic E-state index is 5.95. The molecule has 0 aliphatic heterocycles. The molecule has 1 heterocycles. The van der Waals surface area contributed by atoms with Crippen molar-refractivity contribution in [1.82, 2.24) is 9.88 Å². The van der Waals surface area contributed by atoms with Crippen LogP contribution in [0.1, 0.15) is 26.0 Å². The summed E-state index contributed by atoms with van der Waals surface area (Å²) in [7, 11) is 1.92. The van der Waals surface area contributed by atoms with Gasteiger partial charge in [0.2, 0.25) is 0 Å². The first-order valence-corrected chi connectivity index (χ1v) is 5.54. The molecule has 2 nitrogen and oxygen atoms in total. The van der Waals surface area contributed by atoms with E-state index in [2.05, 4.69) is 19.2 Å². The van der Waals surface area contributed by atoms with Crippen molar-refractivity contribution in [2.75, 3.05) is 0 Å². The third-order valence-corrected chi connectivity index (χ3v) is 3.30. The van der Waals surface area contributed by atoms with Gasteiger partial charge in [-0.05, 0) is 19.4 Å². The second kappa shape index (κ2) is 5.06. The summed E-state index contributed by atoms with van der Waals surface area (Å²) in [5, 5.41) is 4.62. The molecule has 0 amide bonds. The molecule has 80 valence electrons. The minimum absolute atomic E-state index is 0.516. The molecular formula is C10H16Cl2N2. The van der Waals surface area contributed by atoms with Crippen LogP contribution in [0, 0.1) is 0 Å². The highest BCUT2D eigenvalue weighted by atomic mass is 35.5. The van der Waals surface area contributed by atoms with E-state index >= 15 is 0 Å². The first-order chi connectivity index (χ1) is 6.56. The lowest BCUT2D eigenvalue weighted by Crippen LogP contribution is -2.25.